The number of benzene rings is 1. The zero-order valence-corrected chi connectivity index (χ0v) is 18.8. The van der Waals surface area contributed by atoms with Gasteiger partial charge >= 0.3 is 0 Å². The van der Waals surface area contributed by atoms with Crippen molar-refractivity contribution in [1.29, 1.82) is 0 Å². The van der Waals surface area contributed by atoms with Crippen molar-refractivity contribution < 1.29 is 18.6 Å². The Morgan fingerprint density at radius 2 is 2.00 bits per heavy atom. The molecule has 1 atom stereocenters. The van der Waals surface area contributed by atoms with E-state index in [0.717, 1.165) is 38.5 Å². The van der Waals surface area contributed by atoms with Gasteiger partial charge in [0, 0.05) is 32.9 Å². The van der Waals surface area contributed by atoms with Gasteiger partial charge in [-0.1, -0.05) is 6.07 Å². The summed E-state index contributed by atoms with van der Waals surface area (Å²) in [7, 11) is 1.67. The van der Waals surface area contributed by atoms with Crippen molar-refractivity contribution in [2.45, 2.75) is 32.8 Å². The molecular formula is C19H33FIN3O3. The maximum atomic E-state index is 13.2. The Hall–Kier alpha value is -1.13. The molecule has 0 aliphatic carbocycles. The van der Waals surface area contributed by atoms with Crippen molar-refractivity contribution >= 4 is 29.9 Å². The smallest absolute Gasteiger partial charge is 0.191 e. The Morgan fingerprint density at radius 3 is 2.70 bits per heavy atom. The van der Waals surface area contributed by atoms with Gasteiger partial charge in [0.25, 0.3) is 0 Å². The van der Waals surface area contributed by atoms with Gasteiger partial charge in [0.05, 0.1) is 19.8 Å². The molecule has 0 heterocycles. The van der Waals surface area contributed by atoms with Crippen molar-refractivity contribution in [2.24, 2.45) is 4.99 Å². The fourth-order valence-electron chi connectivity index (χ4n) is 2.15. The average Bonchev–Trinajstić information content (AvgIpc) is 2.62. The van der Waals surface area contributed by atoms with Gasteiger partial charge in [-0.2, -0.15) is 0 Å². The first-order valence-electron chi connectivity index (χ1n) is 9.16. The molecule has 1 unspecified atom stereocenters. The Bertz CT molecular complexity index is 521. The average molecular weight is 497 g/mol. The summed E-state index contributed by atoms with van der Waals surface area (Å²) in [6.45, 7) is 8.01. The van der Waals surface area contributed by atoms with Crippen molar-refractivity contribution in [3.05, 3.63) is 30.1 Å². The molecule has 156 valence electrons. The normalized spacial score (nSPS) is 12.2. The molecule has 0 aliphatic heterocycles. The van der Waals surface area contributed by atoms with Crippen molar-refractivity contribution in [1.82, 2.24) is 10.6 Å². The number of hydrogen-bond donors (Lipinski definition) is 2. The van der Waals surface area contributed by atoms with Gasteiger partial charge < -0.3 is 24.8 Å². The quantitative estimate of drug-likeness (QED) is 0.190. The molecule has 1 aromatic carbocycles. The molecule has 0 aromatic heterocycles. The van der Waals surface area contributed by atoms with E-state index < -0.39 is 0 Å². The maximum absolute atomic E-state index is 13.2. The molecule has 0 saturated carbocycles. The molecule has 1 aromatic rings. The molecule has 0 spiro atoms. The Balaban J connectivity index is 0.00000676. The highest BCUT2D eigenvalue weighted by Crippen LogP contribution is 2.13. The van der Waals surface area contributed by atoms with Crippen LogP contribution in [0.25, 0.3) is 0 Å². The van der Waals surface area contributed by atoms with Crippen LogP contribution in [-0.4, -0.2) is 58.6 Å². The molecule has 8 heteroatoms. The number of nitrogens with one attached hydrogen (secondary N) is 2. The summed E-state index contributed by atoms with van der Waals surface area (Å²) in [5.74, 6) is 0.959. The Morgan fingerprint density at radius 1 is 1.19 bits per heavy atom. The highest BCUT2D eigenvalue weighted by Gasteiger charge is 2.05. The van der Waals surface area contributed by atoms with E-state index in [9.17, 15) is 4.39 Å². The molecule has 0 amide bonds. The van der Waals surface area contributed by atoms with E-state index in [1.807, 2.05) is 13.8 Å². The van der Waals surface area contributed by atoms with E-state index in [-0.39, 0.29) is 35.9 Å². The van der Waals surface area contributed by atoms with Gasteiger partial charge in [-0.25, -0.2) is 9.38 Å². The topological polar surface area (TPSA) is 64.1 Å². The molecule has 1 rings (SSSR count). The second kappa shape index (κ2) is 17.0. The summed E-state index contributed by atoms with van der Waals surface area (Å²) >= 11 is 0. The molecule has 27 heavy (non-hydrogen) atoms. The molecular weight excluding hydrogens is 464 g/mol. The summed E-state index contributed by atoms with van der Waals surface area (Å²) in [4.78, 5) is 4.52. The van der Waals surface area contributed by atoms with Gasteiger partial charge in [0.1, 0.15) is 17.7 Å². The number of rotatable bonds is 13. The van der Waals surface area contributed by atoms with Crippen molar-refractivity contribution in [3.63, 3.8) is 0 Å². The van der Waals surface area contributed by atoms with Crippen LogP contribution >= 0.6 is 24.0 Å². The summed E-state index contributed by atoms with van der Waals surface area (Å²) in [5, 5.41) is 6.50. The summed E-state index contributed by atoms with van der Waals surface area (Å²) in [5.41, 5.74) is 0. The Labute approximate surface area is 179 Å². The molecule has 0 radical (unpaired) electrons. The van der Waals surface area contributed by atoms with Gasteiger partial charge in [-0.05, 0) is 38.8 Å². The minimum atomic E-state index is -0.306. The van der Waals surface area contributed by atoms with Crippen LogP contribution in [0.2, 0.25) is 0 Å². The fourth-order valence-corrected chi connectivity index (χ4v) is 2.15. The van der Waals surface area contributed by atoms with Crippen LogP contribution in [0.1, 0.15) is 26.7 Å². The largest absolute Gasteiger partial charge is 0.489 e. The molecule has 2 N–H and O–H groups in total. The summed E-state index contributed by atoms with van der Waals surface area (Å²) in [6.07, 6.45) is 1.82. The number of unbranched alkanes of at least 4 members (excludes halogenated alkanes) is 1. The third-order valence-electron chi connectivity index (χ3n) is 3.42. The standard InChI is InChI=1S/C19H32FN3O3.HI/c1-4-21-19(22-10-5-6-11-25-13-12-24-3)23-15-16(2)26-18-9-7-8-17(20)14-18;/h7-9,14,16H,4-6,10-13,15H2,1-3H3,(H2,21,22,23);1H. The number of hydrogen-bond acceptors (Lipinski definition) is 4. The molecule has 0 aliphatic rings. The van der Waals surface area contributed by atoms with Crippen molar-refractivity contribution in [3.8, 4) is 5.75 Å². The van der Waals surface area contributed by atoms with Gasteiger partial charge in [-0.3, -0.25) is 0 Å². The van der Waals surface area contributed by atoms with Crippen LogP contribution in [0.5, 0.6) is 5.75 Å². The third kappa shape index (κ3) is 13.7. The maximum Gasteiger partial charge on any atom is 0.191 e. The second-order valence-corrected chi connectivity index (χ2v) is 5.84. The second-order valence-electron chi connectivity index (χ2n) is 5.84. The number of guanidine groups is 1. The predicted octanol–water partition coefficient (Wildman–Crippen LogP) is 3.21. The van der Waals surface area contributed by atoms with Crippen LogP contribution < -0.4 is 15.4 Å². The number of aliphatic imine (C=N–C) groups is 1. The fraction of sp³-hybridized carbons (Fsp3) is 0.632. The SMILES string of the molecule is CCNC(=NCC(C)Oc1cccc(F)c1)NCCCCOCCOC.I. The first-order valence-corrected chi connectivity index (χ1v) is 9.16. The van der Waals surface area contributed by atoms with E-state index in [1.165, 1.54) is 12.1 Å². The van der Waals surface area contributed by atoms with E-state index in [1.54, 1.807) is 19.2 Å². The van der Waals surface area contributed by atoms with Crippen LogP contribution in [0, 0.1) is 5.82 Å². The number of nitrogens with zero attached hydrogens (tertiary/aromatic N) is 1. The van der Waals surface area contributed by atoms with E-state index in [4.69, 9.17) is 14.2 Å². The molecule has 0 saturated heterocycles. The van der Waals surface area contributed by atoms with Gasteiger partial charge in [0.2, 0.25) is 0 Å². The van der Waals surface area contributed by atoms with E-state index in [2.05, 4.69) is 15.6 Å². The minimum Gasteiger partial charge on any atom is -0.489 e. The first kappa shape index (κ1) is 25.9. The lowest BCUT2D eigenvalue weighted by molar-refractivity contribution is 0.0689. The lowest BCUT2D eigenvalue weighted by atomic mass is 10.3. The summed E-state index contributed by atoms with van der Waals surface area (Å²) in [6, 6.07) is 6.14. The number of methoxy groups -OCH3 is 1. The van der Waals surface area contributed by atoms with Crippen LogP contribution in [-0.2, 0) is 9.47 Å². The molecule has 0 bridgehead atoms. The highest BCUT2D eigenvalue weighted by molar-refractivity contribution is 14.0. The van der Waals surface area contributed by atoms with Gasteiger partial charge in [0.15, 0.2) is 5.96 Å². The minimum absolute atomic E-state index is 0. The predicted molar refractivity (Wildman–Crippen MR) is 118 cm³/mol. The number of halogens is 2. The number of ether oxygens (including phenoxy) is 3. The lowest BCUT2D eigenvalue weighted by Gasteiger charge is -2.15. The van der Waals surface area contributed by atoms with Crippen LogP contribution in [0.4, 0.5) is 4.39 Å². The highest BCUT2D eigenvalue weighted by atomic mass is 127. The first-order chi connectivity index (χ1) is 12.7. The zero-order chi connectivity index (χ0) is 19.0. The van der Waals surface area contributed by atoms with Crippen LogP contribution in [0.3, 0.4) is 0 Å². The van der Waals surface area contributed by atoms with Crippen molar-refractivity contribution in [2.75, 3.05) is 46.6 Å². The van der Waals surface area contributed by atoms with Crippen LogP contribution in [0.15, 0.2) is 29.3 Å². The third-order valence-corrected chi connectivity index (χ3v) is 3.42. The molecule has 0 fully saturated rings. The Kier molecular flexibility index (Phi) is 16.3. The monoisotopic (exact) mass is 497 g/mol. The zero-order valence-electron chi connectivity index (χ0n) is 16.5. The summed E-state index contributed by atoms with van der Waals surface area (Å²) < 4.78 is 29.2. The van der Waals surface area contributed by atoms with E-state index >= 15 is 0 Å². The lowest BCUT2D eigenvalue weighted by Crippen LogP contribution is -2.38. The van der Waals surface area contributed by atoms with E-state index in [0.29, 0.717) is 25.5 Å². The van der Waals surface area contributed by atoms with Gasteiger partial charge in [-0.15, -0.1) is 24.0 Å². The molecule has 6 nitrogen and oxygen atoms in total.